The van der Waals surface area contributed by atoms with Crippen LogP contribution in [0, 0.1) is 0 Å². The Morgan fingerprint density at radius 3 is 2.85 bits per heavy atom. The molecule has 3 heteroatoms. The lowest BCUT2D eigenvalue weighted by Gasteiger charge is -2.01. The van der Waals surface area contributed by atoms with Gasteiger partial charge in [-0.2, -0.15) is 0 Å². The zero-order valence-electron chi connectivity index (χ0n) is 7.64. The minimum Gasteiger partial charge on any atom is -0.507 e. The van der Waals surface area contributed by atoms with Crippen LogP contribution in [0.5, 0.6) is 5.75 Å². The first-order valence-electron chi connectivity index (χ1n) is 4.25. The number of hydrogen-bond acceptors (Lipinski definition) is 3. The number of phenols is 1. The molecule has 70 valence electrons. The maximum absolute atomic E-state index is 9.37. The molecule has 0 aromatic heterocycles. The second kappa shape index (κ2) is 4.62. The molecule has 3 nitrogen and oxygen atoms in total. The Bertz CT molecular complexity index is 297. The van der Waals surface area contributed by atoms with Gasteiger partial charge in [-0.15, -0.1) is 0 Å². The summed E-state index contributed by atoms with van der Waals surface area (Å²) in [6.07, 6.45) is 1.65. The quantitative estimate of drug-likeness (QED) is 0.682. The highest BCUT2D eigenvalue weighted by atomic mass is 16.3. The van der Waals surface area contributed by atoms with E-state index in [0.717, 1.165) is 5.56 Å². The zero-order valence-corrected chi connectivity index (χ0v) is 7.64. The van der Waals surface area contributed by atoms with Gasteiger partial charge in [-0.05, 0) is 19.1 Å². The average Bonchev–Trinajstić information content (AvgIpc) is 2.16. The highest BCUT2D eigenvalue weighted by Gasteiger charge is 1.96. The van der Waals surface area contributed by atoms with Crippen molar-refractivity contribution in [2.75, 3.05) is 6.54 Å². The summed E-state index contributed by atoms with van der Waals surface area (Å²) in [6.45, 7) is 2.45. The molecule has 1 rings (SSSR count). The summed E-state index contributed by atoms with van der Waals surface area (Å²) in [6, 6.07) is 7.17. The molecule has 0 fully saturated rings. The van der Waals surface area contributed by atoms with Gasteiger partial charge in [-0.3, -0.25) is 4.99 Å². The predicted molar refractivity (Wildman–Crippen MR) is 54.2 cm³/mol. The van der Waals surface area contributed by atoms with Crippen molar-refractivity contribution in [1.82, 2.24) is 0 Å². The monoisotopic (exact) mass is 178 g/mol. The SMILES string of the molecule is CC(CN)N=Cc1ccccc1O. The van der Waals surface area contributed by atoms with E-state index in [-0.39, 0.29) is 11.8 Å². The topological polar surface area (TPSA) is 58.6 Å². The van der Waals surface area contributed by atoms with Crippen LogP contribution >= 0.6 is 0 Å². The molecule has 1 unspecified atom stereocenters. The fourth-order valence-electron chi connectivity index (χ4n) is 0.865. The summed E-state index contributed by atoms with van der Waals surface area (Å²) in [5.74, 6) is 0.246. The van der Waals surface area contributed by atoms with E-state index in [1.54, 1.807) is 18.3 Å². The predicted octanol–water partition coefficient (Wildman–Crippen LogP) is 1.16. The molecule has 0 aliphatic rings. The van der Waals surface area contributed by atoms with Crippen LogP contribution in [0.25, 0.3) is 0 Å². The lowest BCUT2D eigenvalue weighted by Crippen LogP contribution is -2.13. The van der Waals surface area contributed by atoms with E-state index >= 15 is 0 Å². The van der Waals surface area contributed by atoms with Crippen LogP contribution in [-0.4, -0.2) is 23.9 Å². The van der Waals surface area contributed by atoms with E-state index < -0.39 is 0 Å². The second-order valence-electron chi connectivity index (χ2n) is 2.92. The highest BCUT2D eigenvalue weighted by Crippen LogP contribution is 2.12. The first-order chi connectivity index (χ1) is 6.24. The molecule has 0 heterocycles. The maximum atomic E-state index is 9.37. The van der Waals surface area contributed by atoms with Crippen LogP contribution in [0.3, 0.4) is 0 Å². The van der Waals surface area contributed by atoms with Crippen molar-refractivity contribution < 1.29 is 5.11 Å². The van der Waals surface area contributed by atoms with E-state index in [1.807, 2.05) is 19.1 Å². The van der Waals surface area contributed by atoms with Gasteiger partial charge in [0.2, 0.25) is 0 Å². The summed E-state index contributed by atoms with van der Waals surface area (Å²) in [4.78, 5) is 4.16. The van der Waals surface area contributed by atoms with Crippen molar-refractivity contribution in [3.63, 3.8) is 0 Å². The number of benzene rings is 1. The van der Waals surface area contributed by atoms with Crippen LogP contribution < -0.4 is 5.73 Å². The van der Waals surface area contributed by atoms with Crippen LogP contribution in [0.4, 0.5) is 0 Å². The van der Waals surface area contributed by atoms with E-state index in [4.69, 9.17) is 5.73 Å². The number of hydrogen-bond donors (Lipinski definition) is 2. The summed E-state index contributed by atoms with van der Waals surface area (Å²) in [5.41, 5.74) is 6.12. The van der Waals surface area contributed by atoms with Gasteiger partial charge >= 0.3 is 0 Å². The summed E-state index contributed by atoms with van der Waals surface area (Å²) in [5, 5.41) is 9.37. The summed E-state index contributed by atoms with van der Waals surface area (Å²) >= 11 is 0. The van der Waals surface area contributed by atoms with Gasteiger partial charge in [0.1, 0.15) is 5.75 Å². The molecule has 0 amide bonds. The molecule has 0 saturated heterocycles. The van der Waals surface area contributed by atoms with Gasteiger partial charge in [-0.1, -0.05) is 12.1 Å². The minimum absolute atomic E-state index is 0.0969. The van der Waals surface area contributed by atoms with Crippen molar-refractivity contribution in [3.05, 3.63) is 29.8 Å². The Hall–Kier alpha value is -1.35. The van der Waals surface area contributed by atoms with Crippen molar-refractivity contribution in [2.24, 2.45) is 10.7 Å². The van der Waals surface area contributed by atoms with Gasteiger partial charge in [0.15, 0.2) is 0 Å². The zero-order chi connectivity index (χ0) is 9.68. The number of para-hydroxylation sites is 1. The van der Waals surface area contributed by atoms with Gasteiger partial charge in [0.25, 0.3) is 0 Å². The largest absolute Gasteiger partial charge is 0.507 e. The molecule has 0 radical (unpaired) electrons. The minimum atomic E-state index is 0.0969. The van der Waals surface area contributed by atoms with E-state index in [0.29, 0.717) is 6.54 Å². The third kappa shape index (κ3) is 2.87. The Labute approximate surface area is 77.9 Å². The number of aromatic hydroxyl groups is 1. The number of rotatable bonds is 3. The molecule has 1 aromatic carbocycles. The first-order valence-corrected chi connectivity index (χ1v) is 4.25. The molecule has 0 aliphatic heterocycles. The van der Waals surface area contributed by atoms with Crippen LogP contribution in [-0.2, 0) is 0 Å². The van der Waals surface area contributed by atoms with E-state index in [9.17, 15) is 5.11 Å². The standard InChI is InChI=1S/C10H14N2O/c1-8(6-11)12-7-9-4-2-3-5-10(9)13/h2-5,7-8,13H,6,11H2,1H3. The van der Waals surface area contributed by atoms with Gasteiger partial charge < -0.3 is 10.8 Å². The van der Waals surface area contributed by atoms with Crippen molar-refractivity contribution >= 4 is 6.21 Å². The normalized spacial score (nSPS) is 13.4. The first kappa shape index (κ1) is 9.74. The molecule has 0 aliphatic carbocycles. The van der Waals surface area contributed by atoms with E-state index in [1.165, 1.54) is 0 Å². The molecular formula is C10H14N2O. The lowest BCUT2D eigenvalue weighted by atomic mass is 10.2. The molecule has 13 heavy (non-hydrogen) atoms. The molecule has 1 atom stereocenters. The molecule has 0 saturated carbocycles. The van der Waals surface area contributed by atoms with Crippen molar-refractivity contribution in [2.45, 2.75) is 13.0 Å². The van der Waals surface area contributed by atoms with Crippen molar-refractivity contribution in [3.8, 4) is 5.75 Å². The number of nitrogens with two attached hydrogens (primary N) is 1. The Morgan fingerprint density at radius 1 is 1.54 bits per heavy atom. The fraction of sp³-hybridized carbons (Fsp3) is 0.300. The third-order valence-corrected chi connectivity index (χ3v) is 1.75. The molecule has 3 N–H and O–H groups in total. The molecule has 1 aromatic rings. The Balaban J connectivity index is 2.74. The summed E-state index contributed by atoms with van der Waals surface area (Å²) < 4.78 is 0. The average molecular weight is 178 g/mol. The van der Waals surface area contributed by atoms with Crippen LogP contribution in [0.1, 0.15) is 12.5 Å². The molecule has 0 spiro atoms. The fourth-order valence-corrected chi connectivity index (χ4v) is 0.865. The third-order valence-electron chi connectivity index (χ3n) is 1.75. The Morgan fingerprint density at radius 2 is 2.23 bits per heavy atom. The molecule has 0 bridgehead atoms. The highest BCUT2D eigenvalue weighted by molar-refractivity contribution is 5.83. The number of nitrogens with zero attached hydrogens (tertiary/aromatic N) is 1. The number of phenolic OH excluding ortho intramolecular Hbond substituents is 1. The van der Waals surface area contributed by atoms with Crippen molar-refractivity contribution in [1.29, 1.82) is 0 Å². The molecular weight excluding hydrogens is 164 g/mol. The number of aliphatic imine (C=N–C) groups is 1. The van der Waals surface area contributed by atoms with E-state index in [2.05, 4.69) is 4.99 Å². The van der Waals surface area contributed by atoms with Crippen LogP contribution in [0.2, 0.25) is 0 Å². The van der Waals surface area contributed by atoms with Gasteiger partial charge in [0, 0.05) is 18.3 Å². The van der Waals surface area contributed by atoms with Gasteiger partial charge in [-0.25, -0.2) is 0 Å². The lowest BCUT2D eigenvalue weighted by molar-refractivity contribution is 0.474. The smallest absolute Gasteiger partial charge is 0.124 e. The maximum Gasteiger partial charge on any atom is 0.124 e. The van der Waals surface area contributed by atoms with Crippen LogP contribution in [0.15, 0.2) is 29.3 Å². The van der Waals surface area contributed by atoms with Gasteiger partial charge in [0.05, 0.1) is 6.04 Å². The summed E-state index contributed by atoms with van der Waals surface area (Å²) in [7, 11) is 0. The second-order valence-corrected chi connectivity index (χ2v) is 2.92. The Kier molecular flexibility index (Phi) is 3.46.